The zero-order valence-corrected chi connectivity index (χ0v) is 14.5. The van der Waals surface area contributed by atoms with Crippen molar-refractivity contribution in [2.75, 3.05) is 24.5 Å². The van der Waals surface area contributed by atoms with Gasteiger partial charge < -0.3 is 15.0 Å². The van der Waals surface area contributed by atoms with E-state index in [1.54, 1.807) is 6.20 Å². The predicted molar refractivity (Wildman–Crippen MR) is 96.8 cm³/mol. The van der Waals surface area contributed by atoms with Crippen molar-refractivity contribution in [3.8, 4) is 6.01 Å². The Kier molecular flexibility index (Phi) is 4.23. The molecule has 1 aliphatic rings. The van der Waals surface area contributed by atoms with Gasteiger partial charge in [0.15, 0.2) is 0 Å². The van der Waals surface area contributed by atoms with Gasteiger partial charge in [-0.05, 0) is 24.6 Å². The van der Waals surface area contributed by atoms with Crippen LogP contribution in [0.15, 0.2) is 36.7 Å². The Bertz CT molecular complexity index is 877. The normalized spacial score (nSPS) is 17.8. The lowest BCUT2D eigenvalue weighted by Crippen LogP contribution is -2.49. The smallest absolute Gasteiger partial charge is 0.318 e. The van der Waals surface area contributed by atoms with Crippen LogP contribution in [0.1, 0.15) is 12.5 Å². The van der Waals surface area contributed by atoms with Crippen LogP contribution in [0, 0.1) is 0 Å². The molecule has 0 aliphatic carbocycles. The third-order valence-corrected chi connectivity index (χ3v) is 4.49. The Labute approximate surface area is 146 Å². The fraction of sp³-hybridized carbons (Fsp3) is 0.389. The minimum Gasteiger partial charge on any atom is -0.459 e. The molecule has 0 bridgehead atoms. The highest BCUT2D eigenvalue weighted by Crippen LogP contribution is 2.18. The molecule has 1 aromatic carbocycles. The summed E-state index contributed by atoms with van der Waals surface area (Å²) in [7, 11) is 1.94. The molecular formula is C18H22N6O. The predicted octanol–water partition coefficient (Wildman–Crippen LogP) is 1.74. The van der Waals surface area contributed by atoms with Gasteiger partial charge in [0.2, 0.25) is 0 Å². The number of nitrogens with zero attached hydrogens (tertiary/aromatic N) is 5. The van der Waals surface area contributed by atoms with Gasteiger partial charge in [-0.3, -0.25) is 4.68 Å². The lowest BCUT2D eigenvalue weighted by atomic mass is 10.2. The van der Waals surface area contributed by atoms with Crippen LogP contribution >= 0.6 is 0 Å². The van der Waals surface area contributed by atoms with Gasteiger partial charge in [0.05, 0.1) is 11.7 Å². The maximum absolute atomic E-state index is 5.82. The Hall–Kier alpha value is -2.67. The topological polar surface area (TPSA) is 68.1 Å². The Morgan fingerprint density at radius 3 is 3.12 bits per heavy atom. The van der Waals surface area contributed by atoms with Crippen LogP contribution in [0.25, 0.3) is 10.9 Å². The number of hydrogen-bond donors (Lipinski definition) is 1. The molecule has 3 aromatic rings. The third-order valence-electron chi connectivity index (χ3n) is 4.49. The van der Waals surface area contributed by atoms with E-state index < -0.39 is 0 Å². The molecule has 4 rings (SSSR count). The van der Waals surface area contributed by atoms with Crippen LogP contribution in [0.4, 0.5) is 5.82 Å². The maximum atomic E-state index is 5.82. The van der Waals surface area contributed by atoms with Gasteiger partial charge in [-0.2, -0.15) is 10.1 Å². The summed E-state index contributed by atoms with van der Waals surface area (Å²) in [5, 5.41) is 8.82. The van der Waals surface area contributed by atoms with Gasteiger partial charge in [-0.25, -0.2) is 4.98 Å². The number of aryl methyl sites for hydroxylation is 1. The molecule has 1 atom stereocenters. The maximum Gasteiger partial charge on any atom is 0.318 e. The summed E-state index contributed by atoms with van der Waals surface area (Å²) >= 11 is 0. The first-order valence-electron chi connectivity index (χ1n) is 8.54. The van der Waals surface area contributed by atoms with Gasteiger partial charge in [0, 0.05) is 44.3 Å². The molecule has 0 saturated carbocycles. The molecule has 1 aliphatic heterocycles. The van der Waals surface area contributed by atoms with Crippen LogP contribution in [-0.2, 0) is 13.7 Å². The van der Waals surface area contributed by atoms with Gasteiger partial charge in [-0.15, -0.1) is 0 Å². The number of hydrogen-bond acceptors (Lipinski definition) is 6. The summed E-state index contributed by atoms with van der Waals surface area (Å²) in [5.41, 5.74) is 2.16. The van der Waals surface area contributed by atoms with Crippen molar-refractivity contribution in [2.45, 2.75) is 19.6 Å². The Balaban J connectivity index is 1.46. The van der Waals surface area contributed by atoms with Crippen LogP contribution in [0.2, 0.25) is 0 Å². The van der Waals surface area contributed by atoms with E-state index in [9.17, 15) is 0 Å². The van der Waals surface area contributed by atoms with Crippen molar-refractivity contribution in [1.29, 1.82) is 0 Å². The summed E-state index contributed by atoms with van der Waals surface area (Å²) in [6.45, 7) is 5.46. The van der Waals surface area contributed by atoms with Crippen molar-refractivity contribution < 1.29 is 4.74 Å². The van der Waals surface area contributed by atoms with Crippen molar-refractivity contribution in [3.05, 3.63) is 42.2 Å². The minimum atomic E-state index is 0.411. The average molecular weight is 338 g/mol. The highest BCUT2D eigenvalue weighted by atomic mass is 16.5. The summed E-state index contributed by atoms with van der Waals surface area (Å²) < 4.78 is 7.68. The lowest BCUT2D eigenvalue weighted by molar-refractivity contribution is 0.280. The number of nitrogens with one attached hydrogen (secondary N) is 1. The number of rotatable bonds is 4. The zero-order chi connectivity index (χ0) is 17.2. The van der Waals surface area contributed by atoms with E-state index in [0.29, 0.717) is 18.7 Å². The second-order valence-corrected chi connectivity index (χ2v) is 6.45. The summed E-state index contributed by atoms with van der Waals surface area (Å²) in [6.07, 6.45) is 3.62. The highest BCUT2D eigenvalue weighted by molar-refractivity contribution is 5.79. The summed E-state index contributed by atoms with van der Waals surface area (Å²) in [4.78, 5) is 11.1. The van der Waals surface area contributed by atoms with Crippen LogP contribution in [0.3, 0.4) is 0 Å². The molecule has 3 heterocycles. The third kappa shape index (κ3) is 3.41. The first-order chi connectivity index (χ1) is 12.2. The molecule has 7 nitrogen and oxygen atoms in total. The highest BCUT2D eigenvalue weighted by Gasteiger charge is 2.17. The molecule has 1 fully saturated rings. The molecule has 130 valence electrons. The van der Waals surface area contributed by atoms with E-state index in [2.05, 4.69) is 44.3 Å². The van der Waals surface area contributed by atoms with Gasteiger partial charge in [0.1, 0.15) is 12.4 Å². The largest absolute Gasteiger partial charge is 0.459 e. The van der Waals surface area contributed by atoms with Crippen LogP contribution in [-0.4, -0.2) is 45.4 Å². The second-order valence-electron chi connectivity index (χ2n) is 6.45. The molecule has 1 N–H and O–H groups in total. The van der Waals surface area contributed by atoms with E-state index in [-0.39, 0.29) is 0 Å². The van der Waals surface area contributed by atoms with E-state index in [0.717, 1.165) is 41.9 Å². The summed E-state index contributed by atoms with van der Waals surface area (Å²) in [6, 6.07) is 9.00. The monoisotopic (exact) mass is 338 g/mol. The SMILES string of the molecule is C[C@H]1CN(c2ccnc(OCc3ccc4cnn(C)c4c3)n2)CCN1. The number of benzene rings is 1. The Morgan fingerprint density at radius 1 is 1.32 bits per heavy atom. The van der Waals surface area contributed by atoms with Crippen molar-refractivity contribution in [1.82, 2.24) is 25.1 Å². The minimum absolute atomic E-state index is 0.411. The molecule has 7 heteroatoms. The fourth-order valence-corrected chi connectivity index (χ4v) is 3.15. The van der Waals surface area contributed by atoms with Crippen molar-refractivity contribution in [3.63, 3.8) is 0 Å². The van der Waals surface area contributed by atoms with Gasteiger partial charge in [-0.1, -0.05) is 12.1 Å². The number of anilines is 1. The number of piperazine rings is 1. The van der Waals surface area contributed by atoms with Gasteiger partial charge in [0.25, 0.3) is 0 Å². The zero-order valence-electron chi connectivity index (χ0n) is 14.5. The lowest BCUT2D eigenvalue weighted by Gasteiger charge is -2.32. The Morgan fingerprint density at radius 2 is 2.24 bits per heavy atom. The van der Waals surface area contributed by atoms with E-state index in [1.165, 1.54) is 0 Å². The molecule has 1 saturated heterocycles. The molecule has 2 aromatic heterocycles. The first kappa shape index (κ1) is 15.8. The molecule has 0 spiro atoms. The van der Waals surface area contributed by atoms with Crippen molar-refractivity contribution in [2.24, 2.45) is 7.05 Å². The molecule has 0 radical (unpaired) electrons. The second kappa shape index (κ2) is 6.68. The van der Waals surface area contributed by atoms with Crippen molar-refractivity contribution >= 4 is 16.7 Å². The number of fused-ring (bicyclic) bond motifs is 1. The van der Waals surface area contributed by atoms with E-state index >= 15 is 0 Å². The quantitative estimate of drug-likeness (QED) is 0.781. The van der Waals surface area contributed by atoms with Crippen LogP contribution in [0.5, 0.6) is 6.01 Å². The fourth-order valence-electron chi connectivity index (χ4n) is 3.15. The molecule has 0 unspecified atom stereocenters. The van der Waals surface area contributed by atoms with Crippen LogP contribution < -0.4 is 15.0 Å². The first-order valence-corrected chi connectivity index (χ1v) is 8.54. The number of ether oxygens (including phenoxy) is 1. The molecule has 0 amide bonds. The van der Waals surface area contributed by atoms with E-state index in [1.807, 2.05) is 30.1 Å². The number of aromatic nitrogens is 4. The van der Waals surface area contributed by atoms with E-state index in [4.69, 9.17) is 4.74 Å². The molecular weight excluding hydrogens is 316 g/mol. The van der Waals surface area contributed by atoms with Gasteiger partial charge >= 0.3 is 6.01 Å². The standard InChI is InChI=1S/C18H22N6O/c1-13-11-24(8-7-19-13)17-5-6-20-18(22-17)25-12-14-3-4-15-10-21-23(2)16(15)9-14/h3-6,9-10,13,19H,7-8,11-12H2,1-2H3/t13-/m0/s1. The summed E-state index contributed by atoms with van der Waals surface area (Å²) in [5.74, 6) is 0.917. The average Bonchev–Trinajstić information content (AvgIpc) is 3.01. The molecule has 25 heavy (non-hydrogen) atoms.